The zero-order valence-electron chi connectivity index (χ0n) is 21.0. The molecule has 1 amide bonds. The second-order valence-electron chi connectivity index (χ2n) is 9.92. The molecule has 0 saturated heterocycles. The summed E-state index contributed by atoms with van der Waals surface area (Å²) < 4.78 is 11.2. The molecule has 2 aromatic heterocycles. The highest BCUT2D eigenvalue weighted by Crippen LogP contribution is 2.43. The van der Waals surface area contributed by atoms with Gasteiger partial charge < -0.3 is 9.15 Å². The summed E-state index contributed by atoms with van der Waals surface area (Å²) in [5.41, 5.74) is 2.56. The van der Waals surface area contributed by atoms with Crippen molar-refractivity contribution in [3.05, 3.63) is 104 Å². The Labute approximate surface area is 218 Å². The van der Waals surface area contributed by atoms with Crippen molar-refractivity contribution >= 4 is 39.3 Å². The lowest BCUT2D eigenvalue weighted by Gasteiger charge is -2.24. The third-order valence-electron chi connectivity index (χ3n) is 6.38. The smallest absolute Gasteiger partial charge is 0.350 e. The van der Waals surface area contributed by atoms with Crippen LogP contribution in [0.3, 0.4) is 0 Å². The van der Waals surface area contributed by atoms with Crippen LogP contribution in [0.4, 0.5) is 5.13 Å². The molecule has 2 aromatic carbocycles. The Morgan fingerprint density at radius 2 is 1.86 bits per heavy atom. The average molecular weight is 515 g/mol. The minimum atomic E-state index is -0.764. The van der Waals surface area contributed by atoms with Gasteiger partial charge in [0.05, 0.1) is 22.7 Å². The fourth-order valence-electron chi connectivity index (χ4n) is 4.47. The van der Waals surface area contributed by atoms with Gasteiger partial charge in [-0.2, -0.15) is 0 Å². The molecule has 188 valence electrons. The van der Waals surface area contributed by atoms with Gasteiger partial charge in [-0.1, -0.05) is 81.2 Å². The van der Waals surface area contributed by atoms with Crippen molar-refractivity contribution in [2.24, 2.45) is 0 Å². The molecule has 0 aliphatic carbocycles. The fourth-order valence-corrected chi connectivity index (χ4v) is 5.46. The maximum absolute atomic E-state index is 13.8. The first-order valence-corrected chi connectivity index (χ1v) is 12.7. The number of thiazole rings is 1. The number of esters is 1. The van der Waals surface area contributed by atoms with Crippen LogP contribution in [0.15, 0.2) is 70.4 Å². The number of carbonyl (C=O) groups excluding carboxylic acids is 2. The number of aromatic nitrogens is 1. The molecule has 1 unspecified atom stereocenters. The van der Waals surface area contributed by atoms with Gasteiger partial charge in [-0.15, -0.1) is 0 Å². The summed E-state index contributed by atoms with van der Waals surface area (Å²) in [6.45, 7) is 11.7. The molecule has 5 rings (SSSR count). The number of fused-ring (bicyclic) bond motifs is 2. The molecular formula is C29H26N2O5S. The zero-order valence-corrected chi connectivity index (χ0v) is 21.8. The fraction of sp³-hybridized carbons (Fsp3) is 0.241. The van der Waals surface area contributed by atoms with Crippen molar-refractivity contribution in [2.75, 3.05) is 11.5 Å². The Balaban J connectivity index is 1.70. The SMILES string of the molecule is C=CCOC(=O)c1sc(N2C(=O)c3oc4ccccc4c(=O)c3C2c2ccc(C(C)(C)C)cc2)nc1C. The first-order chi connectivity index (χ1) is 17.6. The molecule has 1 aliphatic heterocycles. The van der Waals surface area contributed by atoms with E-state index in [9.17, 15) is 14.4 Å². The van der Waals surface area contributed by atoms with Crippen molar-refractivity contribution in [3.63, 3.8) is 0 Å². The molecule has 0 saturated carbocycles. The summed E-state index contributed by atoms with van der Waals surface area (Å²) >= 11 is 1.05. The van der Waals surface area contributed by atoms with E-state index in [1.54, 1.807) is 31.2 Å². The predicted molar refractivity (Wildman–Crippen MR) is 144 cm³/mol. The molecular weight excluding hydrogens is 488 g/mol. The van der Waals surface area contributed by atoms with Gasteiger partial charge in [0.1, 0.15) is 17.1 Å². The number of amides is 1. The normalized spacial score (nSPS) is 15.2. The highest BCUT2D eigenvalue weighted by Gasteiger charge is 2.45. The predicted octanol–water partition coefficient (Wildman–Crippen LogP) is 5.95. The standard InChI is InChI=1S/C29H26N2O5S/c1-6-15-35-27(34)25-16(2)30-28(37-25)31-22(17-11-13-18(14-12-17)29(3,4)5)21-23(32)19-9-7-8-10-20(19)36-24(21)26(31)33/h6-14,22H,1,15H2,2-5H3. The molecule has 0 N–H and O–H groups in total. The van der Waals surface area contributed by atoms with Gasteiger partial charge in [-0.3, -0.25) is 14.5 Å². The Morgan fingerprint density at radius 3 is 2.54 bits per heavy atom. The number of anilines is 1. The summed E-state index contributed by atoms with van der Waals surface area (Å²) in [7, 11) is 0. The van der Waals surface area contributed by atoms with E-state index in [-0.39, 0.29) is 38.8 Å². The Morgan fingerprint density at radius 1 is 1.16 bits per heavy atom. The van der Waals surface area contributed by atoms with Crippen LogP contribution >= 0.6 is 11.3 Å². The van der Waals surface area contributed by atoms with Crippen LogP contribution < -0.4 is 10.3 Å². The summed E-state index contributed by atoms with van der Waals surface area (Å²) in [5.74, 6) is -1.05. The van der Waals surface area contributed by atoms with E-state index in [0.29, 0.717) is 16.7 Å². The van der Waals surface area contributed by atoms with Crippen LogP contribution in [0.25, 0.3) is 11.0 Å². The van der Waals surface area contributed by atoms with Crippen LogP contribution in [0.1, 0.15) is 69.4 Å². The highest BCUT2D eigenvalue weighted by atomic mass is 32.1. The average Bonchev–Trinajstić information content (AvgIpc) is 3.39. The topological polar surface area (TPSA) is 89.7 Å². The molecule has 0 bridgehead atoms. The Bertz CT molecular complexity index is 1610. The van der Waals surface area contributed by atoms with Crippen LogP contribution in [0, 0.1) is 6.92 Å². The summed E-state index contributed by atoms with van der Waals surface area (Å²) in [4.78, 5) is 46.4. The van der Waals surface area contributed by atoms with Crippen LogP contribution in [0.2, 0.25) is 0 Å². The lowest BCUT2D eigenvalue weighted by Crippen LogP contribution is -2.29. The van der Waals surface area contributed by atoms with Crippen molar-refractivity contribution in [1.82, 2.24) is 4.98 Å². The van der Waals surface area contributed by atoms with Crippen LogP contribution in [-0.2, 0) is 10.2 Å². The number of rotatable bonds is 5. The molecule has 1 aliphatic rings. The van der Waals surface area contributed by atoms with Gasteiger partial charge in [0, 0.05) is 0 Å². The highest BCUT2D eigenvalue weighted by molar-refractivity contribution is 7.17. The lowest BCUT2D eigenvalue weighted by molar-refractivity contribution is 0.0554. The molecule has 8 heteroatoms. The monoisotopic (exact) mass is 514 g/mol. The third kappa shape index (κ3) is 4.17. The number of para-hydroxylation sites is 1. The number of aryl methyl sites for hydroxylation is 1. The van der Waals surface area contributed by atoms with E-state index in [0.717, 1.165) is 22.5 Å². The summed E-state index contributed by atoms with van der Waals surface area (Å²) in [6.07, 6.45) is 1.48. The van der Waals surface area contributed by atoms with Gasteiger partial charge in [0.25, 0.3) is 5.91 Å². The van der Waals surface area contributed by atoms with Gasteiger partial charge >= 0.3 is 5.97 Å². The number of hydrogen-bond donors (Lipinski definition) is 0. The minimum absolute atomic E-state index is 0.0164. The van der Waals surface area contributed by atoms with Gasteiger partial charge in [-0.25, -0.2) is 9.78 Å². The Hall–Kier alpha value is -4.04. The van der Waals surface area contributed by atoms with Gasteiger partial charge in [0.15, 0.2) is 10.6 Å². The summed E-state index contributed by atoms with van der Waals surface area (Å²) in [6, 6.07) is 14.0. The largest absolute Gasteiger partial charge is 0.457 e. The molecule has 0 radical (unpaired) electrons. The molecule has 37 heavy (non-hydrogen) atoms. The first-order valence-electron chi connectivity index (χ1n) is 11.9. The molecule has 3 heterocycles. The van der Waals surface area contributed by atoms with E-state index < -0.39 is 17.9 Å². The number of nitrogens with zero attached hydrogens (tertiary/aromatic N) is 2. The van der Waals surface area contributed by atoms with E-state index in [1.165, 1.54) is 11.0 Å². The van der Waals surface area contributed by atoms with Crippen LogP contribution in [-0.4, -0.2) is 23.5 Å². The maximum atomic E-state index is 13.8. The zero-order chi connectivity index (χ0) is 26.5. The van der Waals surface area contributed by atoms with Gasteiger partial charge in [0.2, 0.25) is 5.76 Å². The second kappa shape index (κ2) is 9.12. The molecule has 7 nitrogen and oxygen atoms in total. The quantitative estimate of drug-likeness (QED) is 0.242. The van der Waals surface area contributed by atoms with Crippen molar-refractivity contribution < 1.29 is 18.7 Å². The third-order valence-corrected chi connectivity index (χ3v) is 7.52. The van der Waals surface area contributed by atoms with E-state index in [1.807, 2.05) is 24.3 Å². The maximum Gasteiger partial charge on any atom is 0.350 e. The first kappa shape index (κ1) is 24.6. The number of carbonyl (C=O) groups is 2. The van der Waals surface area contributed by atoms with Crippen molar-refractivity contribution in [1.29, 1.82) is 0 Å². The van der Waals surface area contributed by atoms with E-state index >= 15 is 0 Å². The second-order valence-corrected chi connectivity index (χ2v) is 10.9. The lowest BCUT2D eigenvalue weighted by atomic mass is 9.86. The van der Waals surface area contributed by atoms with E-state index in [2.05, 4.69) is 32.3 Å². The number of ether oxygens (including phenoxy) is 1. The van der Waals surface area contributed by atoms with Gasteiger partial charge in [-0.05, 0) is 35.6 Å². The van der Waals surface area contributed by atoms with Crippen LogP contribution in [0.5, 0.6) is 0 Å². The van der Waals surface area contributed by atoms with Crippen molar-refractivity contribution in [3.8, 4) is 0 Å². The molecule has 1 atom stereocenters. The number of benzene rings is 2. The van der Waals surface area contributed by atoms with Crippen molar-refractivity contribution in [2.45, 2.75) is 39.2 Å². The molecule has 4 aromatic rings. The number of hydrogen-bond acceptors (Lipinski definition) is 7. The molecule has 0 fully saturated rings. The Kier molecular flexibility index (Phi) is 6.07. The molecule has 0 spiro atoms. The summed E-state index contributed by atoms with van der Waals surface area (Å²) in [5, 5.41) is 0.684. The van der Waals surface area contributed by atoms with E-state index in [4.69, 9.17) is 9.15 Å². The minimum Gasteiger partial charge on any atom is -0.457 e.